The van der Waals surface area contributed by atoms with Crippen LogP contribution in [-0.2, 0) is 14.4 Å². The minimum atomic E-state index is -0.207. The van der Waals surface area contributed by atoms with Crippen molar-refractivity contribution in [1.29, 1.82) is 0 Å². The number of allylic oxidation sites excluding steroid dienone is 2. The van der Waals surface area contributed by atoms with Gasteiger partial charge in [0.25, 0.3) is 0 Å². The van der Waals surface area contributed by atoms with E-state index in [4.69, 9.17) is 0 Å². The van der Waals surface area contributed by atoms with Gasteiger partial charge in [-0.25, -0.2) is 0 Å². The smallest absolute Gasteiger partial charge is 0.242 e. The molecule has 1 saturated carbocycles. The van der Waals surface area contributed by atoms with Crippen molar-refractivity contribution in [2.24, 2.45) is 23.7 Å². The van der Waals surface area contributed by atoms with Crippen molar-refractivity contribution in [3.05, 3.63) is 12.2 Å². The molecule has 4 rings (SSSR count). The second-order valence-corrected chi connectivity index (χ2v) is 7.48. The van der Waals surface area contributed by atoms with Gasteiger partial charge in [0.2, 0.25) is 17.7 Å². The lowest BCUT2D eigenvalue weighted by Gasteiger charge is -2.35. The lowest BCUT2D eigenvalue weighted by atomic mass is 9.85. The van der Waals surface area contributed by atoms with Crippen molar-refractivity contribution in [1.82, 2.24) is 14.7 Å². The number of carbonyl (C=O) groups excluding carboxylic acids is 3. The number of nitrogens with zero attached hydrogens (tertiary/aromatic N) is 3. The van der Waals surface area contributed by atoms with Gasteiger partial charge in [0.1, 0.15) is 6.54 Å². The number of fused-ring (bicyclic) bond motifs is 5. The molecular formula is C18H25N3O3. The van der Waals surface area contributed by atoms with Crippen LogP contribution < -0.4 is 0 Å². The molecule has 130 valence electrons. The average Bonchev–Trinajstić information content (AvgIpc) is 3.26. The Labute approximate surface area is 142 Å². The number of rotatable bonds is 4. The van der Waals surface area contributed by atoms with Crippen LogP contribution in [0, 0.1) is 23.7 Å². The lowest BCUT2D eigenvalue weighted by Crippen LogP contribution is -2.52. The summed E-state index contributed by atoms with van der Waals surface area (Å²) in [6, 6.07) is 0. The highest BCUT2D eigenvalue weighted by Gasteiger charge is 2.59. The summed E-state index contributed by atoms with van der Waals surface area (Å²) in [4.78, 5) is 43.2. The standard InChI is InChI=1S/C18H25N3O3/c1-2-5-19-6-8-20(9-7-19)14(22)11-21-17(23)15-12-3-4-13(10-12)16(15)18(21)24/h3-4,12-13,15-16H,2,5-11H2,1H3/t12-,13-,15+,16+/m0/s1. The molecule has 6 nitrogen and oxygen atoms in total. The molecule has 0 unspecified atom stereocenters. The molecule has 2 aliphatic heterocycles. The fourth-order valence-electron chi connectivity index (χ4n) is 4.89. The number of likely N-dealkylation sites (tertiary alicyclic amines) is 1. The molecule has 2 aliphatic carbocycles. The van der Waals surface area contributed by atoms with Crippen molar-refractivity contribution in [2.75, 3.05) is 39.3 Å². The second-order valence-electron chi connectivity index (χ2n) is 7.48. The molecule has 4 atom stereocenters. The van der Waals surface area contributed by atoms with E-state index in [0.717, 1.165) is 32.5 Å². The van der Waals surface area contributed by atoms with Gasteiger partial charge in [-0.15, -0.1) is 0 Å². The summed E-state index contributed by atoms with van der Waals surface area (Å²) >= 11 is 0. The first kappa shape index (κ1) is 15.8. The minimum Gasteiger partial charge on any atom is -0.339 e. The van der Waals surface area contributed by atoms with E-state index in [9.17, 15) is 14.4 Å². The summed E-state index contributed by atoms with van der Waals surface area (Å²) in [5.74, 6) is -0.348. The van der Waals surface area contributed by atoms with Crippen molar-refractivity contribution < 1.29 is 14.4 Å². The van der Waals surface area contributed by atoms with E-state index in [0.29, 0.717) is 13.1 Å². The molecule has 0 aromatic rings. The number of carbonyl (C=O) groups is 3. The number of hydrogen-bond donors (Lipinski definition) is 0. The third kappa shape index (κ3) is 2.39. The van der Waals surface area contributed by atoms with Gasteiger partial charge in [0.05, 0.1) is 11.8 Å². The van der Waals surface area contributed by atoms with Crippen LogP contribution in [0.1, 0.15) is 19.8 Å². The largest absolute Gasteiger partial charge is 0.339 e. The summed E-state index contributed by atoms with van der Waals surface area (Å²) in [5, 5.41) is 0. The maximum Gasteiger partial charge on any atom is 0.242 e. The third-order valence-electron chi connectivity index (χ3n) is 6.12. The molecule has 0 aromatic heterocycles. The maximum atomic E-state index is 12.6. The quantitative estimate of drug-likeness (QED) is 0.551. The molecule has 0 N–H and O–H groups in total. The van der Waals surface area contributed by atoms with E-state index in [1.165, 1.54) is 4.90 Å². The molecule has 2 heterocycles. The van der Waals surface area contributed by atoms with Crippen LogP contribution in [-0.4, -0.2) is 71.7 Å². The zero-order valence-corrected chi connectivity index (χ0v) is 14.2. The Balaban J connectivity index is 1.37. The predicted molar refractivity (Wildman–Crippen MR) is 87.7 cm³/mol. The van der Waals surface area contributed by atoms with Gasteiger partial charge in [-0.1, -0.05) is 19.1 Å². The third-order valence-corrected chi connectivity index (χ3v) is 6.12. The van der Waals surface area contributed by atoms with Crippen LogP contribution in [0.2, 0.25) is 0 Å². The fraction of sp³-hybridized carbons (Fsp3) is 0.722. The molecule has 6 heteroatoms. The Kier molecular flexibility index (Phi) is 3.95. The van der Waals surface area contributed by atoms with E-state index in [2.05, 4.69) is 24.0 Å². The molecule has 24 heavy (non-hydrogen) atoms. The number of amides is 3. The van der Waals surface area contributed by atoms with Gasteiger partial charge >= 0.3 is 0 Å². The number of piperazine rings is 1. The highest BCUT2D eigenvalue weighted by Crippen LogP contribution is 2.52. The summed E-state index contributed by atoms with van der Waals surface area (Å²) < 4.78 is 0. The van der Waals surface area contributed by atoms with E-state index in [-0.39, 0.29) is 47.9 Å². The summed E-state index contributed by atoms with van der Waals surface area (Å²) in [6.07, 6.45) is 6.20. The molecule has 4 aliphatic rings. The van der Waals surface area contributed by atoms with Crippen LogP contribution in [0.4, 0.5) is 0 Å². The molecule has 0 spiro atoms. The Morgan fingerprint density at radius 3 is 2.17 bits per heavy atom. The first-order valence-electron chi connectivity index (χ1n) is 9.14. The van der Waals surface area contributed by atoms with Gasteiger partial charge in [-0.2, -0.15) is 0 Å². The summed E-state index contributed by atoms with van der Waals surface area (Å²) in [6.45, 7) is 6.27. The van der Waals surface area contributed by atoms with Gasteiger partial charge < -0.3 is 4.90 Å². The van der Waals surface area contributed by atoms with Gasteiger partial charge in [-0.3, -0.25) is 24.2 Å². The van der Waals surface area contributed by atoms with E-state index >= 15 is 0 Å². The lowest BCUT2D eigenvalue weighted by molar-refractivity contribution is -0.147. The van der Waals surface area contributed by atoms with E-state index < -0.39 is 0 Å². The monoisotopic (exact) mass is 331 g/mol. The molecule has 0 aromatic carbocycles. The van der Waals surface area contributed by atoms with Crippen LogP contribution in [0.3, 0.4) is 0 Å². The second kappa shape index (κ2) is 5.99. The van der Waals surface area contributed by atoms with Crippen LogP contribution in [0.5, 0.6) is 0 Å². The van der Waals surface area contributed by atoms with Gasteiger partial charge in [-0.05, 0) is 31.2 Å². The van der Waals surface area contributed by atoms with E-state index in [1.807, 2.05) is 0 Å². The van der Waals surface area contributed by atoms with Crippen LogP contribution >= 0.6 is 0 Å². The van der Waals surface area contributed by atoms with Crippen molar-refractivity contribution >= 4 is 17.7 Å². The molecule has 3 amide bonds. The topological polar surface area (TPSA) is 60.9 Å². The zero-order chi connectivity index (χ0) is 16.8. The first-order valence-corrected chi connectivity index (χ1v) is 9.14. The number of hydrogen-bond acceptors (Lipinski definition) is 4. The summed E-state index contributed by atoms with van der Waals surface area (Å²) in [7, 11) is 0. The van der Waals surface area contributed by atoms with Crippen LogP contribution in [0.15, 0.2) is 12.2 Å². The summed E-state index contributed by atoms with van der Waals surface area (Å²) in [5.41, 5.74) is 0. The molecule has 0 radical (unpaired) electrons. The first-order chi connectivity index (χ1) is 11.6. The Hall–Kier alpha value is -1.69. The van der Waals surface area contributed by atoms with Gasteiger partial charge in [0.15, 0.2) is 0 Å². The molecule has 2 saturated heterocycles. The fourth-order valence-corrected chi connectivity index (χ4v) is 4.89. The van der Waals surface area contributed by atoms with Crippen molar-refractivity contribution in [3.8, 4) is 0 Å². The Bertz CT molecular complexity index is 564. The SMILES string of the molecule is CCCN1CCN(C(=O)CN2C(=O)[C@H]3[C@H](C2=O)[C@H]2C=C[C@H]3C2)CC1. The molecule has 3 fully saturated rings. The van der Waals surface area contributed by atoms with Gasteiger partial charge in [0, 0.05) is 26.2 Å². The van der Waals surface area contributed by atoms with Crippen LogP contribution in [0.25, 0.3) is 0 Å². The Morgan fingerprint density at radius 1 is 1.04 bits per heavy atom. The average molecular weight is 331 g/mol. The van der Waals surface area contributed by atoms with E-state index in [1.54, 1.807) is 4.90 Å². The van der Waals surface area contributed by atoms with Crippen molar-refractivity contribution in [2.45, 2.75) is 19.8 Å². The Morgan fingerprint density at radius 2 is 1.62 bits per heavy atom. The normalized spacial score (nSPS) is 35.2. The predicted octanol–water partition coefficient (Wildman–Crippen LogP) is 0.348. The highest BCUT2D eigenvalue weighted by atomic mass is 16.2. The minimum absolute atomic E-state index is 0.0715. The maximum absolute atomic E-state index is 12.6. The number of imide groups is 1. The highest BCUT2D eigenvalue weighted by molar-refractivity contribution is 6.08. The molecule has 2 bridgehead atoms. The zero-order valence-electron chi connectivity index (χ0n) is 14.2. The van der Waals surface area contributed by atoms with Crippen molar-refractivity contribution in [3.63, 3.8) is 0 Å². The molecular weight excluding hydrogens is 306 g/mol.